The summed E-state index contributed by atoms with van der Waals surface area (Å²) in [4.78, 5) is 0. The molecule has 1 saturated carbocycles. The highest BCUT2D eigenvalue weighted by Gasteiger charge is 2.32. The van der Waals surface area contributed by atoms with Crippen molar-refractivity contribution in [1.82, 2.24) is 0 Å². The van der Waals surface area contributed by atoms with Crippen molar-refractivity contribution in [2.45, 2.75) is 44.7 Å². The maximum atomic E-state index is 5.96. The summed E-state index contributed by atoms with van der Waals surface area (Å²) in [5, 5.41) is 0. The highest BCUT2D eigenvalue weighted by atomic mass is 14.8. The van der Waals surface area contributed by atoms with Gasteiger partial charge < -0.3 is 11.5 Å². The molecule has 1 unspecified atom stereocenters. The average Bonchev–Trinajstić information content (AvgIpc) is 1.81. The summed E-state index contributed by atoms with van der Waals surface area (Å²) < 4.78 is 0. The lowest BCUT2D eigenvalue weighted by Gasteiger charge is -2.38. The van der Waals surface area contributed by atoms with Crippen molar-refractivity contribution in [3.05, 3.63) is 0 Å². The molecule has 3 atom stereocenters. The van der Waals surface area contributed by atoms with Gasteiger partial charge >= 0.3 is 0 Å². The van der Waals surface area contributed by atoms with Crippen LogP contribution in [-0.2, 0) is 0 Å². The van der Waals surface area contributed by atoms with Gasteiger partial charge in [0.05, 0.1) is 0 Å². The Hall–Kier alpha value is -0.0800. The lowest BCUT2D eigenvalue weighted by atomic mass is 9.75. The zero-order valence-electron chi connectivity index (χ0n) is 6.93. The van der Waals surface area contributed by atoms with Gasteiger partial charge in [0.1, 0.15) is 0 Å². The highest BCUT2D eigenvalue weighted by Crippen LogP contribution is 2.28. The Morgan fingerprint density at radius 2 is 2.10 bits per heavy atom. The third-order valence-electron chi connectivity index (χ3n) is 2.68. The number of hydrogen-bond acceptors (Lipinski definition) is 2. The first-order valence-corrected chi connectivity index (χ1v) is 4.07. The van der Waals surface area contributed by atoms with Crippen LogP contribution in [-0.4, -0.2) is 11.6 Å². The summed E-state index contributed by atoms with van der Waals surface area (Å²) in [7, 11) is 0. The minimum Gasteiger partial charge on any atom is -0.326 e. The molecule has 1 aliphatic carbocycles. The maximum absolute atomic E-state index is 5.96. The molecular weight excluding hydrogens is 124 g/mol. The zero-order chi connectivity index (χ0) is 7.78. The molecule has 1 fully saturated rings. The average molecular weight is 142 g/mol. The molecule has 0 heterocycles. The van der Waals surface area contributed by atoms with E-state index in [2.05, 4.69) is 13.8 Å². The molecule has 0 bridgehead atoms. The molecule has 0 amide bonds. The van der Waals surface area contributed by atoms with Gasteiger partial charge in [0.2, 0.25) is 0 Å². The summed E-state index contributed by atoms with van der Waals surface area (Å²) in [6.45, 7) is 4.30. The quantitative estimate of drug-likeness (QED) is 0.527. The van der Waals surface area contributed by atoms with Crippen LogP contribution in [0.2, 0.25) is 0 Å². The summed E-state index contributed by atoms with van der Waals surface area (Å²) in [6, 6.07) is 0.205. The Morgan fingerprint density at radius 1 is 1.50 bits per heavy atom. The fraction of sp³-hybridized carbons (Fsp3) is 1.00. The molecule has 1 rings (SSSR count). The topological polar surface area (TPSA) is 52.0 Å². The predicted molar refractivity (Wildman–Crippen MR) is 43.6 cm³/mol. The van der Waals surface area contributed by atoms with Crippen LogP contribution in [0.1, 0.15) is 33.1 Å². The minimum absolute atomic E-state index is 0.105. The van der Waals surface area contributed by atoms with E-state index in [1.807, 2.05) is 0 Å². The van der Waals surface area contributed by atoms with E-state index in [0.29, 0.717) is 0 Å². The van der Waals surface area contributed by atoms with Gasteiger partial charge in [0, 0.05) is 11.6 Å². The lowest BCUT2D eigenvalue weighted by Crippen LogP contribution is -2.55. The smallest absolute Gasteiger partial charge is 0.0279 e. The molecule has 0 spiro atoms. The second-order valence-corrected chi connectivity index (χ2v) is 3.99. The molecular formula is C8H18N2. The molecule has 2 heteroatoms. The number of nitrogens with two attached hydrogens (primary N) is 2. The number of hydrogen-bond donors (Lipinski definition) is 2. The van der Waals surface area contributed by atoms with Crippen LogP contribution < -0.4 is 11.5 Å². The molecule has 1 aliphatic rings. The van der Waals surface area contributed by atoms with Crippen LogP contribution in [0.4, 0.5) is 0 Å². The molecule has 0 aromatic heterocycles. The summed E-state index contributed by atoms with van der Waals surface area (Å²) in [5.41, 5.74) is 11.7. The van der Waals surface area contributed by atoms with E-state index in [1.54, 1.807) is 0 Å². The van der Waals surface area contributed by atoms with Crippen LogP contribution in [0.25, 0.3) is 0 Å². The Kier molecular flexibility index (Phi) is 2.02. The van der Waals surface area contributed by atoms with Crippen LogP contribution in [0.3, 0.4) is 0 Å². The first-order chi connectivity index (χ1) is 4.52. The van der Waals surface area contributed by atoms with Crippen molar-refractivity contribution in [2.24, 2.45) is 17.4 Å². The van der Waals surface area contributed by atoms with Gasteiger partial charge in [-0.1, -0.05) is 6.92 Å². The Bertz CT molecular complexity index is 120. The second-order valence-electron chi connectivity index (χ2n) is 3.99. The van der Waals surface area contributed by atoms with E-state index < -0.39 is 0 Å². The van der Waals surface area contributed by atoms with Gasteiger partial charge in [0.15, 0.2) is 0 Å². The summed E-state index contributed by atoms with van der Waals surface area (Å²) >= 11 is 0. The van der Waals surface area contributed by atoms with Crippen molar-refractivity contribution in [3.8, 4) is 0 Å². The van der Waals surface area contributed by atoms with Gasteiger partial charge in [-0.2, -0.15) is 0 Å². The summed E-state index contributed by atoms with van der Waals surface area (Å²) in [6.07, 6.45) is 3.41. The van der Waals surface area contributed by atoms with Crippen LogP contribution in [0.15, 0.2) is 0 Å². The third-order valence-corrected chi connectivity index (χ3v) is 2.68. The minimum atomic E-state index is -0.105. The molecule has 4 N–H and O–H groups in total. The fourth-order valence-corrected chi connectivity index (χ4v) is 1.56. The van der Waals surface area contributed by atoms with Crippen molar-refractivity contribution >= 4 is 0 Å². The standard InChI is InChI=1S/C8H18N2/c1-6-3-4-8(2,10)7(9)5-6/h6-7H,3-5,9-10H2,1-2H3/t6?,7-,8-/m0/s1. The van der Waals surface area contributed by atoms with Gasteiger partial charge in [-0.3, -0.25) is 0 Å². The Morgan fingerprint density at radius 3 is 2.50 bits per heavy atom. The van der Waals surface area contributed by atoms with Gasteiger partial charge in [-0.25, -0.2) is 0 Å². The predicted octanol–water partition coefficient (Wildman–Crippen LogP) is 0.851. The van der Waals surface area contributed by atoms with Crippen LogP contribution >= 0.6 is 0 Å². The van der Waals surface area contributed by atoms with Crippen molar-refractivity contribution in [2.75, 3.05) is 0 Å². The first kappa shape index (κ1) is 8.02. The highest BCUT2D eigenvalue weighted by molar-refractivity contribution is 4.94. The van der Waals surface area contributed by atoms with Crippen LogP contribution in [0.5, 0.6) is 0 Å². The lowest BCUT2D eigenvalue weighted by molar-refractivity contribution is 0.225. The Labute approximate surface area is 63.0 Å². The van der Waals surface area contributed by atoms with E-state index in [-0.39, 0.29) is 11.6 Å². The van der Waals surface area contributed by atoms with E-state index in [9.17, 15) is 0 Å². The SMILES string of the molecule is CC1CC[C@](C)(N)[C@@H](N)C1. The number of rotatable bonds is 0. The van der Waals surface area contributed by atoms with Gasteiger partial charge in [-0.15, -0.1) is 0 Å². The zero-order valence-corrected chi connectivity index (χ0v) is 6.93. The molecule has 10 heavy (non-hydrogen) atoms. The molecule has 0 aliphatic heterocycles. The van der Waals surface area contributed by atoms with E-state index in [0.717, 1.165) is 18.8 Å². The van der Waals surface area contributed by atoms with Gasteiger partial charge in [0.25, 0.3) is 0 Å². The van der Waals surface area contributed by atoms with Crippen LogP contribution in [0, 0.1) is 5.92 Å². The second kappa shape index (κ2) is 2.51. The molecule has 0 aromatic carbocycles. The van der Waals surface area contributed by atoms with Crippen molar-refractivity contribution < 1.29 is 0 Å². The first-order valence-electron chi connectivity index (χ1n) is 4.07. The monoisotopic (exact) mass is 142 g/mol. The third kappa shape index (κ3) is 1.50. The van der Waals surface area contributed by atoms with Crippen molar-refractivity contribution in [1.29, 1.82) is 0 Å². The maximum Gasteiger partial charge on any atom is 0.0279 e. The van der Waals surface area contributed by atoms with Gasteiger partial charge in [-0.05, 0) is 32.1 Å². The van der Waals surface area contributed by atoms with Crippen molar-refractivity contribution in [3.63, 3.8) is 0 Å². The molecule has 0 radical (unpaired) electrons. The molecule has 2 nitrogen and oxygen atoms in total. The fourth-order valence-electron chi connectivity index (χ4n) is 1.56. The van der Waals surface area contributed by atoms with E-state index in [4.69, 9.17) is 11.5 Å². The normalized spacial score (nSPS) is 49.2. The Balaban J connectivity index is 2.52. The molecule has 60 valence electrons. The van der Waals surface area contributed by atoms with E-state index in [1.165, 1.54) is 6.42 Å². The summed E-state index contributed by atoms with van der Waals surface area (Å²) in [5.74, 6) is 0.770. The van der Waals surface area contributed by atoms with E-state index >= 15 is 0 Å². The largest absolute Gasteiger partial charge is 0.326 e. The molecule has 0 saturated heterocycles. The molecule has 0 aromatic rings.